The van der Waals surface area contributed by atoms with E-state index in [1.54, 1.807) is 24.5 Å². The Bertz CT molecular complexity index is 461. The quantitative estimate of drug-likeness (QED) is 0.616. The second-order valence-corrected chi connectivity index (χ2v) is 3.75. The van der Waals surface area contributed by atoms with Gasteiger partial charge in [0.2, 0.25) is 5.91 Å². The lowest BCUT2D eigenvalue weighted by molar-refractivity contribution is -0.144. The second kappa shape index (κ2) is 5.31. The van der Waals surface area contributed by atoms with Crippen LogP contribution in [-0.2, 0) is 14.3 Å². The molecule has 0 spiro atoms. The number of carbonyl (C=O) groups excluding carboxylic acids is 2. The summed E-state index contributed by atoms with van der Waals surface area (Å²) < 4.78 is 4.96. The van der Waals surface area contributed by atoms with Gasteiger partial charge in [-0.05, 0) is 12.1 Å². The summed E-state index contributed by atoms with van der Waals surface area (Å²) in [4.78, 5) is 27.2. The van der Waals surface area contributed by atoms with Crippen LogP contribution in [0.15, 0.2) is 37.2 Å². The summed E-state index contributed by atoms with van der Waals surface area (Å²) in [5, 5.41) is 1.47. The highest BCUT2D eigenvalue weighted by Crippen LogP contribution is 2.20. The van der Waals surface area contributed by atoms with E-state index in [-0.39, 0.29) is 18.9 Å². The number of ether oxygens (including phenoxy) is 1. The number of hydrogen-bond acceptors (Lipinski definition) is 5. The molecule has 1 atom stereocenters. The van der Waals surface area contributed by atoms with E-state index in [2.05, 4.69) is 17.0 Å². The van der Waals surface area contributed by atoms with E-state index in [0.29, 0.717) is 5.69 Å². The van der Waals surface area contributed by atoms with Crippen LogP contribution in [0.2, 0.25) is 0 Å². The molecule has 1 amide bonds. The summed E-state index contributed by atoms with van der Waals surface area (Å²) in [6, 6.07) is 2.82. The molecule has 0 bridgehead atoms. The van der Waals surface area contributed by atoms with Crippen LogP contribution >= 0.6 is 0 Å². The zero-order chi connectivity index (χ0) is 13.0. The molecule has 1 saturated heterocycles. The fourth-order valence-corrected chi connectivity index (χ4v) is 1.69. The van der Waals surface area contributed by atoms with Gasteiger partial charge in [-0.15, -0.1) is 0 Å². The number of rotatable bonds is 4. The topological polar surface area (TPSA) is 71.5 Å². The van der Waals surface area contributed by atoms with Gasteiger partial charge in [-0.2, -0.15) is 0 Å². The van der Waals surface area contributed by atoms with E-state index in [4.69, 9.17) is 4.74 Å². The van der Waals surface area contributed by atoms with Crippen molar-refractivity contribution in [2.45, 2.75) is 12.5 Å². The number of pyridine rings is 1. The third kappa shape index (κ3) is 2.48. The van der Waals surface area contributed by atoms with Gasteiger partial charge in [-0.1, -0.05) is 12.7 Å². The van der Waals surface area contributed by atoms with Gasteiger partial charge in [0, 0.05) is 6.20 Å². The smallest absolute Gasteiger partial charge is 0.331 e. The standard InChI is InChI=1S/C12H13N3O3/c1-2-6-18-12(17)10-7-11(16)14-15(10)9-4-3-5-13-8-9/h2-5,8,10H,1,6-7H2,(H,14,16). The van der Waals surface area contributed by atoms with E-state index in [1.807, 2.05) is 0 Å². The first-order valence-corrected chi connectivity index (χ1v) is 5.48. The molecule has 0 saturated carbocycles. The summed E-state index contributed by atoms with van der Waals surface area (Å²) in [6.07, 6.45) is 4.74. The zero-order valence-electron chi connectivity index (χ0n) is 9.70. The molecule has 94 valence electrons. The van der Waals surface area contributed by atoms with Crippen molar-refractivity contribution in [2.75, 3.05) is 11.6 Å². The van der Waals surface area contributed by atoms with Crippen molar-refractivity contribution in [1.29, 1.82) is 0 Å². The second-order valence-electron chi connectivity index (χ2n) is 3.75. The fraction of sp³-hybridized carbons (Fsp3) is 0.250. The first-order chi connectivity index (χ1) is 8.72. The number of hydrogen-bond donors (Lipinski definition) is 1. The van der Waals surface area contributed by atoms with Crippen molar-refractivity contribution in [3.8, 4) is 0 Å². The largest absolute Gasteiger partial charge is 0.460 e. The van der Waals surface area contributed by atoms with Gasteiger partial charge in [0.1, 0.15) is 6.61 Å². The number of nitrogens with zero attached hydrogens (tertiary/aromatic N) is 2. The Labute approximate surface area is 104 Å². The van der Waals surface area contributed by atoms with Crippen molar-refractivity contribution in [3.05, 3.63) is 37.2 Å². The molecule has 1 aliphatic rings. The van der Waals surface area contributed by atoms with Crippen LogP contribution in [-0.4, -0.2) is 29.5 Å². The molecule has 1 aliphatic heterocycles. The van der Waals surface area contributed by atoms with Gasteiger partial charge >= 0.3 is 5.97 Å². The summed E-state index contributed by atoms with van der Waals surface area (Å²) in [7, 11) is 0. The normalized spacial score (nSPS) is 18.3. The fourth-order valence-electron chi connectivity index (χ4n) is 1.69. The highest BCUT2D eigenvalue weighted by molar-refractivity contribution is 5.93. The van der Waals surface area contributed by atoms with Gasteiger partial charge in [0.25, 0.3) is 0 Å². The Balaban J connectivity index is 2.15. The number of nitrogens with one attached hydrogen (secondary N) is 1. The molecule has 1 fully saturated rings. The third-order valence-corrected chi connectivity index (χ3v) is 2.48. The van der Waals surface area contributed by atoms with Crippen molar-refractivity contribution >= 4 is 17.6 Å². The minimum Gasteiger partial charge on any atom is -0.460 e. The predicted octanol–water partition coefficient (Wildman–Crippen LogP) is 0.421. The third-order valence-electron chi connectivity index (χ3n) is 2.48. The lowest BCUT2D eigenvalue weighted by atomic mass is 10.2. The van der Waals surface area contributed by atoms with Crippen molar-refractivity contribution in [2.24, 2.45) is 0 Å². The predicted molar refractivity (Wildman–Crippen MR) is 64.4 cm³/mol. The highest BCUT2D eigenvalue weighted by atomic mass is 16.5. The SMILES string of the molecule is C=CCOC(=O)C1CC(=O)NN1c1cccnc1. The molecule has 18 heavy (non-hydrogen) atoms. The molecule has 0 radical (unpaired) electrons. The number of amides is 1. The molecule has 1 aromatic rings. The van der Waals surface area contributed by atoms with Gasteiger partial charge in [0.15, 0.2) is 6.04 Å². The minimum atomic E-state index is -0.665. The van der Waals surface area contributed by atoms with E-state index >= 15 is 0 Å². The maximum Gasteiger partial charge on any atom is 0.331 e. The van der Waals surface area contributed by atoms with Crippen LogP contribution in [0.4, 0.5) is 5.69 Å². The Morgan fingerprint density at radius 2 is 2.56 bits per heavy atom. The summed E-state index contributed by atoms with van der Waals surface area (Å²) in [6.45, 7) is 3.60. The Morgan fingerprint density at radius 1 is 1.72 bits per heavy atom. The first-order valence-electron chi connectivity index (χ1n) is 5.48. The highest BCUT2D eigenvalue weighted by Gasteiger charge is 2.37. The average molecular weight is 247 g/mol. The molecule has 1 unspecified atom stereocenters. The summed E-state index contributed by atoms with van der Waals surface area (Å²) in [5.74, 6) is -0.684. The molecule has 2 rings (SSSR count). The number of anilines is 1. The molecule has 1 N–H and O–H groups in total. The number of carbonyl (C=O) groups is 2. The molecule has 0 aromatic carbocycles. The monoisotopic (exact) mass is 247 g/mol. The molecule has 2 heterocycles. The number of esters is 1. The zero-order valence-corrected chi connectivity index (χ0v) is 9.70. The first kappa shape index (κ1) is 12.1. The lowest BCUT2D eigenvalue weighted by Crippen LogP contribution is -2.43. The van der Waals surface area contributed by atoms with Crippen LogP contribution in [0.5, 0.6) is 0 Å². The van der Waals surface area contributed by atoms with Crippen LogP contribution < -0.4 is 10.4 Å². The molecule has 1 aromatic heterocycles. The average Bonchev–Trinajstić information content (AvgIpc) is 2.79. The van der Waals surface area contributed by atoms with Gasteiger partial charge in [0.05, 0.1) is 18.3 Å². The number of hydrazine groups is 1. The summed E-state index contributed by atoms with van der Waals surface area (Å²) in [5.41, 5.74) is 3.25. The van der Waals surface area contributed by atoms with Crippen LogP contribution in [0, 0.1) is 0 Å². The molecule has 6 heteroatoms. The Kier molecular flexibility index (Phi) is 3.57. The van der Waals surface area contributed by atoms with Crippen molar-refractivity contribution in [1.82, 2.24) is 10.4 Å². The van der Waals surface area contributed by atoms with Crippen molar-refractivity contribution in [3.63, 3.8) is 0 Å². The van der Waals surface area contributed by atoms with E-state index in [1.165, 1.54) is 11.1 Å². The van der Waals surface area contributed by atoms with E-state index in [9.17, 15) is 9.59 Å². The van der Waals surface area contributed by atoms with Gasteiger partial charge in [-0.25, -0.2) is 4.79 Å². The molecular formula is C12H13N3O3. The minimum absolute atomic E-state index is 0.0743. The van der Waals surface area contributed by atoms with Crippen LogP contribution in [0.3, 0.4) is 0 Å². The van der Waals surface area contributed by atoms with Crippen molar-refractivity contribution < 1.29 is 14.3 Å². The van der Waals surface area contributed by atoms with E-state index in [0.717, 1.165) is 0 Å². The molecule has 6 nitrogen and oxygen atoms in total. The number of aromatic nitrogens is 1. The van der Waals surface area contributed by atoms with Gasteiger partial charge in [-0.3, -0.25) is 20.2 Å². The lowest BCUT2D eigenvalue weighted by Gasteiger charge is -2.23. The Morgan fingerprint density at radius 3 is 3.22 bits per heavy atom. The van der Waals surface area contributed by atoms with Gasteiger partial charge < -0.3 is 4.74 Å². The maximum atomic E-state index is 11.8. The van der Waals surface area contributed by atoms with Crippen LogP contribution in [0.1, 0.15) is 6.42 Å². The molecular weight excluding hydrogens is 234 g/mol. The molecule has 0 aliphatic carbocycles. The van der Waals surface area contributed by atoms with Crippen LogP contribution in [0.25, 0.3) is 0 Å². The summed E-state index contributed by atoms with van der Waals surface area (Å²) >= 11 is 0. The Hall–Kier alpha value is -2.37. The van der Waals surface area contributed by atoms with E-state index < -0.39 is 12.0 Å². The maximum absolute atomic E-state index is 11.8.